The molecule has 0 radical (unpaired) electrons. The third-order valence-corrected chi connectivity index (χ3v) is 4.60. The van der Waals surface area contributed by atoms with Gasteiger partial charge in [-0.3, -0.25) is 4.79 Å². The number of hydrogen-bond donors (Lipinski definition) is 2. The zero-order valence-corrected chi connectivity index (χ0v) is 17.0. The molecule has 2 N–H and O–H groups in total. The minimum atomic E-state index is -0.989. The average Bonchev–Trinajstić information content (AvgIpc) is 2.49. The highest BCUT2D eigenvalue weighted by molar-refractivity contribution is 7.99. The molecule has 0 saturated carbocycles. The molecule has 4 nitrogen and oxygen atoms in total. The van der Waals surface area contributed by atoms with Gasteiger partial charge in [0.15, 0.2) is 0 Å². The first kappa shape index (κ1) is 23.5. The fourth-order valence-corrected chi connectivity index (χ4v) is 3.15. The highest BCUT2D eigenvalue weighted by Crippen LogP contribution is 2.13. The van der Waals surface area contributed by atoms with Crippen molar-refractivity contribution in [3.05, 3.63) is 34.9 Å². The fraction of sp³-hybridized carbons (Fsp3) is 0.600. The van der Waals surface area contributed by atoms with Crippen molar-refractivity contribution in [1.29, 1.82) is 0 Å². The first-order valence-corrected chi connectivity index (χ1v) is 9.90. The Kier molecular flexibility index (Phi) is 12.9. The molecule has 0 rings (SSSR count). The Hall–Kier alpha value is -1.49. The van der Waals surface area contributed by atoms with E-state index in [1.54, 1.807) is 0 Å². The lowest BCUT2D eigenvalue weighted by atomic mass is 10.1. The van der Waals surface area contributed by atoms with Crippen LogP contribution in [0.1, 0.15) is 60.3 Å². The summed E-state index contributed by atoms with van der Waals surface area (Å²) < 4.78 is 0. The molecule has 0 bridgehead atoms. The standard InChI is InChI=1S/C20H33NO3S/c1-15(2)8-6-9-16(3)10-7-11-17(4)12-13-25-14-19(20(23)24)21-18(5)22/h8,10,12,19H,6-7,9,11,13-14H2,1-5H3,(H,21,22)(H,23,24)/b16-10+,17-12+/t19-/m0/s1. The first-order chi connectivity index (χ1) is 11.7. The minimum absolute atomic E-state index is 0.313. The Morgan fingerprint density at radius 2 is 1.52 bits per heavy atom. The normalized spacial score (nSPS) is 13.3. The smallest absolute Gasteiger partial charge is 0.327 e. The molecule has 142 valence electrons. The van der Waals surface area contributed by atoms with Crippen LogP contribution in [0.5, 0.6) is 0 Å². The van der Waals surface area contributed by atoms with E-state index in [2.05, 4.69) is 51.2 Å². The van der Waals surface area contributed by atoms with E-state index < -0.39 is 12.0 Å². The van der Waals surface area contributed by atoms with Gasteiger partial charge in [0.05, 0.1) is 0 Å². The lowest BCUT2D eigenvalue weighted by Crippen LogP contribution is -2.41. The summed E-state index contributed by atoms with van der Waals surface area (Å²) in [6.07, 6.45) is 11.0. The fourth-order valence-electron chi connectivity index (χ4n) is 2.15. The molecule has 0 aromatic heterocycles. The SMILES string of the molecule is CC(=O)N[C@@H](CSC/C=C(\C)CC/C=C(\C)CCC=C(C)C)C(=O)O. The van der Waals surface area contributed by atoms with Gasteiger partial charge < -0.3 is 10.4 Å². The van der Waals surface area contributed by atoms with Gasteiger partial charge in [-0.05, 0) is 53.4 Å². The summed E-state index contributed by atoms with van der Waals surface area (Å²) in [5.74, 6) is -0.163. The van der Waals surface area contributed by atoms with Crippen molar-refractivity contribution in [1.82, 2.24) is 5.32 Å². The predicted octanol–water partition coefficient (Wildman–Crippen LogP) is 4.73. The van der Waals surface area contributed by atoms with E-state index in [1.807, 2.05) is 0 Å². The molecule has 0 aliphatic rings. The number of nitrogens with one attached hydrogen (secondary N) is 1. The van der Waals surface area contributed by atoms with Crippen LogP contribution in [0.15, 0.2) is 34.9 Å². The molecular formula is C20H33NO3S. The Bertz CT molecular complexity index is 517. The van der Waals surface area contributed by atoms with Crippen molar-refractivity contribution in [2.24, 2.45) is 0 Å². The summed E-state index contributed by atoms with van der Waals surface area (Å²) in [4.78, 5) is 22.0. The van der Waals surface area contributed by atoms with Crippen LogP contribution in [0.3, 0.4) is 0 Å². The van der Waals surface area contributed by atoms with Gasteiger partial charge in [-0.1, -0.05) is 34.9 Å². The number of carbonyl (C=O) groups excluding carboxylic acids is 1. The molecular weight excluding hydrogens is 334 g/mol. The van der Waals surface area contributed by atoms with Crippen molar-refractivity contribution in [2.75, 3.05) is 11.5 Å². The van der Waals surface area contributed by atoms with Crippen LogP contribution < -0.4 is 5.32 Å². The summed E-state index contributed by atoms with van der Waals surface area (Å²) in [6.45, 7) is 9.87. The van der Waals surface area contributed by atoms with E-state index in [4.69, 9.17) is 5.11 Å². The minimum Gasteiger partial charge on any atom is -0.480 e. The molecule has 0 saturated heterocycles. The van der Waals surface area contributed by atoms with Gasteiger partial charge in [0.2, 0.25) is 5.91 Å². The molecule has 0 heterocycles. The van der Waals surface area contributed by atoms with Gasteiger partial charge in [0, 0.05) is 18.4 Å². The maximum absolute atomic E-state index is 11.0. The largest absolute Gasteiger partial charge is 0.480 e. The number of carboxylic acids is 1. The van der Waals surface area contributed by atoms with Crippen LogP contribution in [-0.4, -0.2) is 34.5 Å². The van der Waals surface area contributed by atoms with Crippen LogP contribution in [0.2, 0.25) is 0 Å². The monoisotopic (exact) mass is 367 g/mol. The maximum Gasteiger partial charge on any atom is 0.327 e. The predicted molar refractivity (Wildman–Crippen MR) is 108 cm³/mol. The Morgan fingerprint density at radius 1 is 0.960 bits per heavy atom. The van der Waals surface area contributed by atoms with Crippen LogP contribution in [0.4, 0.5) is 0 Å². The van der Waals surface area contributed by atoms with E-state index in [9.17, 15) is 9.59 Å². The lowest BCUT2D eigenvalue weighted by molar-refractivity contribution is -0.140. The van der Waals surface area contributed by atoms with Crippen molar-refractivity contribution >= 4 is 23.6 Å². The second kappa shape index (κ2) is 13.8. The van der Waals surface area contributed by atoms with Crippen molar-refractivity contribution in [3.8, 4) is 0 Å². The second-order valence-corrected chi connectivity index (χ2v) is 7.66. The quantitative estimate of drug-likeness (QED) is 0.387. The Balaban J connectivity index is 4.07. The summed E-state index contributed by atoms with van der Waals surface area (Å²) in [7, 11) is 0. The third-order valence-electron chi connectivity index (χ3n) is 3.63. The molecule has 1 amide bonds. The second-order valence-electron chi connectivity index (χ2n) is 6.59. The number of thioether (sulfide) groups is 1. The maximum atomic E-state index is 11.0. The van der Waals surface area contributed by atoms with Gasteiger partial charge in [0.25, 0.3) is 0 Å². The lowest BCUT2D eigenvalue weighted by Gasteiger charge is -2.12. The van der Waals surface area contributed by atoms with Crippen molar-refractivity contribution < 1.29 is 14.7 Å². The average molecular weight is 368 g/mol. The van der Waals surface area contributed by atoms with E-state index in [1.165, 1.54) is 35.4 Å². The third kappa shape index (κ3) is 14.6. The number of hydrogen-bond acceptors (Lipinski definition) is 3. The zero-order chi connectivity index (χ0) is 19.2. The number of amides is 1. The summed E-state index contributed by atoms with van der Waals surface area (Å²) in [5, 5.41) is 11.5. The van der Waals surface area contributed by atoms with Crippen molar-refractivity contribution in [2.45, 2.75) is 66.3 Å². The van der Waals surface area contributed by atoms with E-state index in [0.29, 0.717) is 5.75 Å². The molecule has 0 unspecified atom stereocenters. The van der Waals surface area contributed by atoms with Crippen LogP contribution in [0, 0.1) is 0 Å². The summed E-state index contributed by atoms with van der Waals surface area (Å²) in [5.41, 5.74) is 4.11. The number of carbonyl (C=O) groups is 2. The Morgan fingerprint density at radius 3 is 2.04 bits per heavy atom. The van der Waals surface area contributed by atoms with Gasteiger partial charge in [-0.25, -0.2) is 4.79 Å². The Labute approximate surface area is 156 Å². The van der Waals surface area contributed by atoms with Crippen LogP contribution >= 0.6 is 11.8 Å². The molecule has 25 heavy (non-hydrogen) atoms. The van der Waals surface area contributed by atoms with E-state index in [0.717, 1.165) is 31.4 Å². The number of allylic oxidation sites excluding steroid dienone is 5. The molecule has 0 aliphatic heterocycles. The first-order valence-electron chi connectivity index (χ1n) is 8.74. The van der Waals surface area contributed by atoms with Gasteiger partial charge >= 0.3 is 5.97 Å². The molecule has 0 aromatic rings. The van der Waals surface area contributed by atoms with Crippen LogP contribution in [0.25, 0.3) is 0 Å². The molecule has 1 atom stereocenters. The highest BCUT2D eigenvalue weighted by atomic mass is 32.2. The van der Waals surface area contributed by atoms with Gasteiger partial charge in [0.1, 0.15) is 6.04 Å². The highest BCUT2D eigenvalue weighted by Gasteiger charge is 2.17. The summed E-state index contributed by atoms with van der Waals surface area (Å²) in [6, 6.07) is -0.817. The van der Waals surface area contributed by atoms with E-state index >= 15 is 0 Å². The van der Waals surface area contributed by atoms with Crippen LogP contribution in [-0.2, 0) is 9.59 Å². The molecule has 0 aromatic carbocycles. The molecule has 0 fully saturated rings. The zero-order valence-electron chi connectivity index (χ0n) is 16.2. The summed E-state index contributed by atoms with van der Waals surface area (Å²) >= 11 is 1.52. The van der Waals surface area contributed by atoms with Gasteiger partial charge in [-0.2, -0.15) is 11.8 Å². The number of aliphatic carboxylic acids is 1. The number of carboxylic acid groups (broad SMARTS) is 1. The molecule has 5 heteroatoms. The number of rotatable bonds is 12. The van der Waals surface area contributed by atoms with E-state index in [-0.39, 0.29) is 5.91 Å². The van der Waals surface area contributed by atoms with Gasteiger partial charge in [-0.15, -0.1) is 0 Å². The molecule has 0 spiro atoms. The van der Waals surface area contributed by atoms with Crippen molar-refractivity contribution in [3.63, 3.8) is 0 Å². The topological polar surface area (TPSA) is 66.4 Å². The molecule has 0 aliphatic carbocycles.